The first-order valence-electron chi connectivity index (χ1n) is 6.81. The smallest absolute Gasteiger partial charge is 0.141 e. The number of aromatic hydroxyl groups is 1. The van der Waals surface area contributed by atoms with Gasteiger partial charge in [-0.1, -0.05) is 0 Å². The average molecular weight is 265 g/mol. The van der Waals surface area contributed by atoms with Gasteiger partial charge < -0.3 is 20.4 Å². The van der Waals surface area contributed by atoms with Gasteiger partial charge in [-0.05, 0) is 26.8 Å². The van der Waals surface area contributed by atoms with E-state index in [-0.39, 0.29) is 12.4 Å². The second-order valence-electron chi connectivity index (χ2n) is 5.24. The molecule has 0 bridgehead atoms. The molecule has 0 aromatic carbocycles. The molecule has 0 atom stereocenters. The van der Waals surface area contributed by atoms with E-state index in [0.717, 1.165) is 24.7 Å². The topological polar surface area (TPSA) is 68.6 Å². The number of aryl methyl sites for hydroxylation is 1. The van der Waals surface area contributed by atoms with Crippen LogP contribution in [-0.4, -0.2) is 46.3 Å². The summed E-state index contributed by atoms with van der Waals surface area (Å²) >= 11 is 0. The van der Waals surface area contributed by atoms with Gasteiger partial charge in [-0.25, -0.2) is 0 Å². The van der Waals surface area contributed by atoms with E-state index in [1.807, 2.05) is 0 Å². The van der Waals surface area contributed by atoms with Crippen molar-refractivity contribution in [2.24, 2.45) is 0 Å². The largest absolute Gasteiger partial charge is 0.506 e. The molecule has 0 amide bonds. The third kappa shape index (κ3) is 3.65. The summed E-state index contributed by atoms with van der Waals surface area (Å²) in [6.07, 6.45) is 4.26. The molecule has 5 nitrogen and oxygen atoms in total. The van der Waals surface area contributed by atoms with Crippen LogP contribution in [0.4, 0.5) is 0 Å². The molecule has 0 saturated heterocycles. The minimum absolute atomic E-state index is 0.0974. The molecular weight excluding hydrogens is 242 g/mol. The highest BCUT2D eigenvalue weighted by Gasteiger charge is 2.25. The van der Waals surface area contributed by atoms with Gasteiger partial charge >= 0.3 is 0 Å². The highest BCUT2D eigenvalue weighted by atomic mass is 16.3. The first kappa shape index (κ1) is 14.2. The van der Waals surface area contributed by atoms with Crippen LogP contribution in [-0.2, 0) is 13.2 Å². The predicted molar refractivity (Wildman–Crippen MR) is 73.9 cm³/mol. The van der Waals surface area contributed by atoms with Gasteiger partial charge in [0.25, 0.3) is 0 Å². The number of likely N-dealkylation sites (N-methyl/N-ethyl adjacent to an activating group) is 1. The molecule has 0 spiro atoms. The number of aromatic nitrogens is 1. The molecule has 1 fully saturated rings. The number of nitrogens with one attached hydrogen (secondary N) is 1. The van der Waals surface area contributed by atoms with Crippen molar-refractivity contribution in [2.75, 3.05) is 20.1 Å². The minimum Gasteiger partial charge on any atom is -0.506 e. The van der Waals surface area contributed by atoms with Crippen molar-refractivity contribution in [2.45, 2.75) is 39.0 Å². The summed E-state index contributed by atoms with van der Waals surface area (Å²) in [6.45, 7) is 4.10. The summed E-state index contributed by atoms with van der Waals surface area (Å²) in [5.74, 6) is 0.189. The summed E-state index contributed by atoms with van der Waals surface area (Å²) in [5.41, 5.74) is 2.04. The van der Waals surface area contributed by atoms with Crippen LogP contribution in [0.5, 0.6) is 5.75 Å². The number of aliphatic hydroxyl groups excluding tert-OH is 1. The number of nitrogens with zero attached hydrogens (tertiary/aromatic N) is 2. The zero-order chi connectivity index (χ0) is 13.8. The molecular formula is C14H23N3O2. The number of pyridine rings is 1. The number of rotatable bonds is 7. The Kier molecular flexibility index (Phi) is 4.74. The lowest BCUT2D eigenvalue weighted by atomic mass is 10.1. The van der Waals surface area contributed by atoms with Crippen molar-refractivity contribution in [1.82, 2.24) is 15.2 Å². The highest BCUT2D eigenvalue weighted by Crippen LogP contribution is 2.25. The number of hydrogen-bond donors (Lipinski definition) is 3. The number of aliphatic hydroxyl groups is 1. The summed E-state index contributed by atoms with van der Waals surface area (Å²) in [6, 6.07) is 0.770. The molecule has 1 aromatic heterocycles. The first-order chi connectivity index (χ1) is 9.13. The van der Waals surface area contributed by atoms with Crippen molar-refractivity contribution in [1.29, 1.82) is 0 Å². The Hall–Kier alpha value is -1.17. The maximum absolute atomic E-state index is 9.99. The highest BCUT2D eigenvalue weighted by molar-refractivity contribution is 5.40. The van der Waals surface area contributed by atoms with E-state index < -0.39 is 0 Å². The van der Waals surface area contributed by atoms with Crippen molar-refractivity contribution < 1.29 is 10.2 Å². The molecule has 2 rings (SSSR count). The Labute approximate surface area is 114 Å². The standard InChI is InChI=1S/C14H23N3O2/c1-10-14(19)13(11(9-18)7-16-10)8-15-5-6-17(2)12-3-4-12/h7,12,15,18-19H,3-6,8-9H2,1-2H3. The fourth-order valence-electron chi connectivity index (χ4n) is 2.18. The van der Waals surface area contributed by atoms with Gasteiger partial charge in [0.2, 0.25) is 0 Å². The van der Waals surface area contributed by atoms with Crippen LogP contribution in [0.3, 0.4) is 0 Å². The van der Waals surface area contributed by atoms with Crippen LogP contribution in [0.25, 0.3) is 0 Å². The van der Waals surface area contributed by atoms with E-state index >= 15 is 0 Å². The Morgan fingerprint density at radius 1 is 1.47 bits per heavy atom. The van der Waals surface area contributed by atoms with Crippen LogP contribution in [0.15, 0.2) is 6.20 Å². The molecule has 1 aromatic rings. The molecule has 0 radical (unpaired) electrons. The zero-order valence-corrected chi connectivity index (χ0v) is 11.7. The van der Waals surface area contributed by atoms with E-state index in [1.165, 1.54) is 12.8 Å². The van der Waals surface area contributed by atoms with E-state index in [2.05, 4.69) is 22.2 Å². The van der Waals surface area contributed by atoms with Gasteiger partial charge in [0.05, 0.1) is 12.3 Å². The van der Waals surface area contributed by atoms with Crippen molar-refractivity contribution in [3.63, 3.8) is 0 Å². The van der Waals surface area contributed by atoms with Gasteiger partial charge in [-0.2, -0.15) is 0 Å². The maximum atomic E-state index is 9.99. The fourth-order valence-corrected chi connectivity index (χ4v) is 2.18. The molecule has 1 heterocycles. The Balaban J connectivity index is 1.85. The molecule has 106 valence electrons. The van der Waals surface area contributed by atoms with E-state index in [4.69, 9.17) is 0 Å². The number of hydrogen-bond acceptors (Lipinski definition) is 5. The molecule has 3 N–H and O–H groups in total. The van der Waals surface area contributed by atoms with Gasteiger partial charge in [-0.3, -0.25) is 4.98 Å². The Morgan fingerprint density at radius 3 is 2.84 bits per heavy atom. The molecule has 1 saturated carbocycles. The summed E-state index contributed by atoms with van der Waals surface area (Å²) < 4.78 is 0. The Morgan fingerprint density at radius 2 is 2.21 bits per heavy atom. The van der Waals surface area contributed by atoms with Crippen LogP contribution >= 0.6 is 0 Å². The third-order valence-corrected chi connectivity index (χ3v) is 3.71. The summed E-state index contributed by atoms with van der Waals surface area (Å²) in [5, 5.41) is 22.6. The summed E-state index contributed by atoms with van der Waals surface area (Å²) in [4.78, 5) is 6.41. The molecule has 19 heavy (non-hydrogen) atoms. The van der Waals surface area contributed by atoms with Crippen LogP contribution in [0.1, 0.15) is 29.7 Å². The lowest BCUT2D eigenvalue weighted by Gasteiger charge is -2.17. The molecule has 5 heteroatoms. The second-order valence-corrected chi connectivity index (χ2v) is 5.24. The predicted octanol–water partition coefficient (Wildman–Crippen LogP) is 0.772. The quantitative estimate of drug-likeness (QED) is 0.635. The summed E-state index contributed by atoms with van der Waals surface area (Å²) in [7, 11) is 2.15. The lowest BCUT2D eigenvalue weighted by molar-refractivity contribution is 0.278. The average Bonchev–Trinajstić information content (AvgIpc) is 3.23. The third-order valence-electron chi connectivity index (χ3n) is 3.71. The fraction of sp³-hybridized carbons (Fsp3) is 0.643. The molecule has 1 aliphatic rings. The molecule has 0 aliphatic heterocycles. The van der Waals surface area contributed by atoms with Crippen molar-refractivity contribution in [3.8, 4) is 5.75 Å². The van der Waals surface area contributed by atoms with Gasteiger partial charge in [0, 0.05) is 43.0 Å². The van der Waals surface area contributed by atoms with E-state index in [0.29, 0.717) is 17.8 Å². The van der Waals surface area contributed by atoms with E-state index in [1.54, 1.807) is 13.1 Å². The van der Waals surface area contributed by atoms with Crippen LogP contribution in [0.2, 0.25) is 0 Å². The van der Waals surface area contributed by atoms with E-state index in [9.17, 15) is 10.2 Å². The van der Waals surface area contributed by atoms with Gasteiger partial charge in [0.1, 0.15) is 5.75 Å². The zero-order valence-electron chi connectivity index (χ0n) is 11.7. The first-order valence-corrected chi connectivity index (χ1v) is 6.81. The van der Waals surface area contributed by atoms with Crippen molar-refractivity contribution in [3.05, 3.63) is 23.0 Å². The Bertz CT molecular complexity index is 433. The van der Waals surface area contributed by atoms with Gasteiger partial charge in [-0.15, -0.1) is 0 Å². The van der Waals surface area contributed by atoms with Crippen LogP contribution in [0, 0.1) is 6.92 Å². The maximum Gasteiger partial charge on any atom is 0.141 e. The van der Waals surface area contributed by atoms with Crippen LogP contribution < -0.4 is 5.32 Å². The van der Waals surface area contributed by atoms with Crippen molar-refractivity contribution >= 4 is 0 Å². The molecule has 1 aliphatic carbocycles. The van der Waals surface area contributed by atoms with Gasteiger partial charge in [0.15, 0.2) is 0 Å². The normalized spacial score (nSPS) is 15.2. The minimum atomic E-state index is -0.0974. The molecule has 0 unspecified atom stereocenters. The lowest BCUT2D eigenvalue weighted by Crippen LogP contribution is -2.30. The second kappa shape index (κ2) is 6.32. The monoisotopic (exact) mass is 265 g/mol. The SMILES string of the molecule is Cc1ncc(CO)c(CNCCN(C)C2CC2)c1O.